The molecule has 2 amide bonds. The summed E-state index contributed by atoms with van der Waals surface area (Å²) in [6.07, 6.45) is 3.92. The molecule has 0 bridgehead atoms. The van der Waals surface area contributed by atoms with Crippen molar-refractivity contribution in [3.63, 3.8) is 0 Å². The number of benzene rings is 1. The first-order chi connectivity index (χ1) is 15.2. The van der Waals surface area contributed by atoms with Gasteiger partial charge in [0, 0.05) is 32.1 Å². The highest BCUT2D eigenvalue weighted by Gasteiger charge is 2.25. The molecule has 8 nitrogen and oxygen atoms in total. The predicted molar refractivity (Wildman–Crippen MR) is 124 cm³/mol. The number of alkyl carbamates (subject to hydrolysis) is 1. The Labute approximate surface area is 192 Å². The Balaban J connectivity index is 1.83. The largest absolute Gasteiger partial charge is 0.450 e. The van der Waals surface area contributed by atoms with Crippen LogP contribution in [0.1, 0.15) is 58.4 Å². The average molecular weight is 468 g/mol. The molecule has 1 saturated heterocycles. The van der Waals surface area contributed by atoms with Gasteiger partial charge in [-0.3, -0.25) is 4.79 Å². The molecule has 0 saturated carbocycles. The molecule has 0 spiro atoms. The summed E-state index contributed by atoms with van der Waals surface area (Å²) in [5.74, 6) is 0.244. The molecule has 1 aromatic rings. The number of carbonyl (C=O) groups is 2. The zero-order valence-corrected chi connectivity index (χ0v) is 20.2. The third kappa shape index (κ3) is 8.43. The number of carbonyl (C=O) groups excluding carboxylic acids is 2. The first-order valence-electron chi connectivity index (χ1n) is 11.5. The standard InChI is InChI=1S/C23H37N3O5S/c1-4-31-23(28)25-20(16-18(2)3)17-24-22(27)13-10-19-8-11-21(12-9-19)32(29,30)26-14-6-5-7-15-26/h8-9,11-12,18,20H,4-7,10,13-17H2,1-3H3,(H,24,27)(H,25,28). The van der Waals surface area contributed by atoms with Crippen LogP contribution in [-0.4, -0.2) is 57.0 Å². The quantitative estimate of drug-likeness (QED) is 0.520. The lowest BCUT2D eigenvalue weighted by atomic mass is 10.0. The van der Waals surface area contributed by atoms with E-state index in [0.717, 1.165) is 31.2 Å². The first-order valence-corrected chi connectivity index (χ1v) is 13.0. The Kier molecular flexibility index (Phi) is 10.4. The Bertz CT molecular complexity index is 834. The third-order valence-corrected chi connectivity index (χ3v) is 7.33. The van der Waals surface area contributed by atoms with E-state index >= 15 is 0 Å². The second-order valence-electron chi connectivity index (χ2n) is 8.60. The van der Waals surface area contributed by atoms with Gasteiger partial charge in [-0.25, -0.2) is 13.2 Å². The van der Waals surface area contributed by atoms with Crippen molar-refractivity contribution in [1.29, 1.82) is 0 Å². The smallest absolute Gasteiger partial charge is 0.407 e. The zero-order valence-electron chi connectivity index (χ0n) is 19.4. The van der Waals surface area contributed by atoms with Gasteiger partial charge in [-0.2, -0.15) is 4.31 Å². The molecule has 1 aliphatic rings. The molecule has 2 rings (SSSR count). The van der Waals surface area contributed by atoms with Crippen molar-refractivity contribution in [1.82, 2.24) is 14.9 Å². The van der Waals surface area contributed by atoms with Crippen LogP contribution in [0.3, 0.4) is 0 Å². The van der Waals surface area contributed by atoms with Crippen LogP contribution in [0.15, 0.2) is 29.2 Å². The van der Waals surface area contributed by atoms with Gasteiger partial charge >= 0.3 is 6.09 Å². The zero-order chi connectivity index (χ0) is 23.6. The van der Waals surface area contributed by atoms with Crippen molar-refractivity contribution < 1.29 is 22.7 Å². The van der Waals surface area contributed by atoms with E-state index in [0.29, 0.717) is 43.5 Å². The third-order valence-electron chi connectivity index (χ3n) is 5.42. The van der Waals surface area contributed by atoms with Crippen molar-refractivity contribution in [2.45, 2.75) is 70.2 Å². The van der Waals surface area contributed by atoms with Crippen molar-refractivity contribution in [3.8, 4) is 0 Å². The van der Waals surface area contributed by atoms with E-state index in [1.807, 2.05) is 0 Å². The fourth-order valence-corrected chi connectivity index (χ4v) is 5.28. The van der Waals surface area contributed by atoms with E-state index in [1.165, 1.54) is 0 Å². The number of piperidine rings is 1. The number of ether oxygens (including phenoxy) is 1. The maximum absolute atomic E-state index is 12.7. The molecule has 1 aliphatic heterocycles. The summed E-state index contributed by atoms with van der Waals surface area (Å²) in [7, 11) is -3.44. The maximum atomic E-state index is 12.7. The predicted octanol–water partition coefficient (Wildman–Crippen LogP) is 3.07. The number of nitrogens with one attached hydrogen (secondary N) is 2. The van der Waals surface area contributed by atoms with Gasteiger partial charge in [0.15, 0.2) is 0 Å². The molecule has 0 aromatic heterocycles. The summed E-state index contributed by atoms with van der Waals surface area (Å²) in [5, 5.41) is 5.66. The van der Waals surface area contributed by atoms with E-state index < -0.39 is 16.1 Å². The summed E-state index contributed by atoms with van der Waals surface area (Å²) < 4.78 is 31.9. The fourth-order valence-electron chi connectivity index (χ4n) is 3.77. The summed E-state index contributed by atoms with van der Waals surface area (Å²) in [4.78, 5) is 24.3. The minimum atomic E-state index is -3.44. The van der Waals surface area contributed by atoms with Gasteiger partial charge in [0.25, 0.3) is 0 Å². The molecule has 1 atom stereocenters. The average Bonchev–Trinajstić information content (AvgIpc) is 2.76. The highest BCUT2D eigenvalue weighted by Crippen LogP contribution is 2.21. The van der Waals surface area contributed by atoms with Crippen LogP contribution in [0, 0.1) is 5.92 Å². The molecular formula is C23H37N3O5S. The van der Waals surface area contributed by atoms with Crippen LogP contribution in [0.4, 0.5) is 4.79 Å². The van der Waals surface area contributed by atoms with Crippen molar-refractivity contribution in [2.75, 3.05) is 26.2 Å². The molecule has 2 N–H and O–H groups in total. The number of aryl methyl sites for hydroxylation is 1. The second-order valence-corrected chi connectivity index (χ2v) is 10.5. The van der Waals surface area contributed by atoms with Gasteiger partial charge in [0.05, 0.1) is 11.5 Å². The van der Waals surface area contributed by atoms with E-state index in [2.05, 4.69) is 24.5 Å². The number of nitrogens with zero attached hydrogens (tertiary/aromatic N) is 1. The van der Waals surface area contributed by atoms with Crippen LogP contribution in [0.2, 0.25) is 0 Å². The highest BCUT2D eigenvalue weighted by atomic mass is 32.2. The van der Waals surface area contributed by atoms with Crippen molar-refractivity contribution in [2.24, 2.45) is 5.92 Å². The van der Waals surface area contributed by atoms with Crippen LogP contribution in [0.5, 0.6) is 0 Å². The number of sulfonamides is 1. The maximum Gasteiger partial charge on any atom is 0.407 e. The topological polar surface area (TPSA) is 105 Å². The molecule has 9 heteroatoms. The summed E-state index contributed by atoms with van der Waals surface area (Å²) >= 11 is 0. The Morgan fingerprint density at radius 2 is 1.75 bits per heavy atom. The van der Waals surface area contributed by atoms with Crippen molar-refractivity contribution >= 4 is 22.0 Å². The molecule has 1 unspecified atom stereocenters. The number of rotatable bonds is 11. The van der Waals surface area contributed by atoms with Crippen LogP contribution >= 0.6 is 0 Å². The monoisotopic (exact) mass is 467 g/mol. The fraction of sp³-hybridized carbons (Fsp3) is 0.652. The minimum Gasteiger partial charge on any atom is -0.450 e. The molecule has 0 radical (unpaired) electrons. The molecule has 1 heterocycles. The Morgan fingerprint density at radius 1 is 1.09 bits per heavy atom. The summed E-state index contributed by atoms with van der Waals surface area (Å²) in [6, 6.07) is 6.59. The number of amides is 2. The summed E-state index contributed by atoms with van der Waals surface area (Å²) in [6.45, 7) is 7.63. The van der Waals surface area contributed by atoms with Gasteiger partial charge in [0.2, 0.25) is 15.9 Å². The van der Waals surface area contributed by atoms with Gasteiger partial charge in [-0.1, -0.05) is 32.4 Å². The van der Waals surface area contributed by atoms with Gasteiger partial charge in [-0.15, -0.1) is 0 Å². The lowest BCUT2D eigenvalue weighted by molar-refractivity contribution is -0.121. The lowest BCUT2D eigenvalue weighted by Gasteiger charge is -2.25. The molecule has 1 fully saturated rings. The van der Waals surface area contributed by atoms with Gasteiger partial charge in [0.1, 0.15) is 0 Å². The molecule has 32 heavy (non-hydrogen) atoms. The molecule has 180 valence electrons. The number of hydrogen-bond donors (Lipinski definition) is 2. The van der Waals surface area contributed by atoms with Crippen LogP contribution in [0.25, 0.3) is 0 Å². The van der Waals surface area contributed by atoms with Gasteiger partial charge < -0.3 is 15.4 Å². The Hall–Kier alpha value is -2.13. The summed E-state index contributed by atoms with van der Waals surface area (Å²) in [5.41, 5.74) is 0.904. The van der Waals surface area contributed by atoms with Crippen molar-refractivity contribution in [3.05, 3.63) is 29.8 Å². The van der Waals surface area contributed by atoms with E-state index in [1.54, 1.807) is 35.5 Å². The molecule has 0 aliphatic carbocycles. The second kappa shape index (κ2) is 12.8. The SMILES string of the molecule is CCOC(=O)NC(CNC(=O)CCc1ccc(S(=O)(=O)N2CCCCC2)cc1)CC(C)C. The van der Waals surface area contributed by atoms with E-state index in [-0.39, 0.29) is 18.4 Å². The lowest BCUT2D eigenvalue weighted by Crippen LogP contribution is -2.44. The molecule has 1 aromatic carbocycles. The minimum absolute atomic E-state index is 0.116. The first kappa shape index (κ1) is 26.1. The highest BCUT2D eigenvalue weighted by molar-refractivity contribution is 7.89. The number of hydrogen-bond acceptors (Lipinski definition) is 5. The van der Waals surface area contributed by atoms with Crippen LogP contribution < -0.4 is 10.6 Å². The molecular weight excluding hydrogens is 430 g/mol. The van der Waals surface area contributed by atoms with Gasteiger partial charge in [-0.05, 0) is 56.2 Å². The Morgan fingerprint density at radius 3 is 2.34 bits per heavy atom. The normalized spacial score (nSPS) is 15.9. The van der Waals surface area contributed by atoms with E-state index in [4.69, 9.17) is 4.74 Å². The van der Waals surface area contributed by atoms with E-state index in [9.17, 15) is 18.0 Å². The van der Waals surface area contributed by atoms with Crippen LogP contribution in [-0.2, 0) is 26.0 Å².